The lowest BCUT2D eigenvalue weighted by Gasteiger charge is -2.32. The van der Waals surface area contributed by atoms with Crippen LogP contribution >= 0.6 is 0 Å². The van der Waals surface area contributed by atoms with Crippen LogP contribution in [0.25, 0.3) is 4.85 Å². The summed E-state index contributed by atoms with van der Waals surface area (Å²) in [5.74, 6) is -0.0455. The molecule has 1 aromatic rings. The van der Waals surface area contributed by atoms with E-state index in [1.54, 1.807) is 0 Å². The van der Waals surface area contributed by atoms with Crippen molar-refractivity contribution in [1.29, 1.82) is 0 Å². The molecule has 1 aliphatic rings. The molecular weight excluding hydrogens is 279 g/mol. The smallest absolute Gasteiger partial charge is 0.435 e. The Hall–Kier alpha value is -1.65. The van der Waals surface area contributed by atoms with Crippen LogP contribution in [0.1, 0.15) is 27.7 Å². The van der Waals surface area contributed by atoms with Gasteiger partial charge >= 0.3 is 13.7 Å². The van der Waals surface area contributed by atoms with Crippen LogP contribution in [0.4, 0.5) is 14.5 Å². The van der Waals surface area contributed by atoms with Gasteiger partial charge in [0.1, 0.15) is 5.75 Å². The van der Waals surface area contributed by atoms with Crippen LogP contribution in [0.5, 0.6) is 5.75 Å². The average Bonchev–Trinajstić information content (AvgIpc) is 2.58. The minimum absolute atomic E-state index is 0.0455. The van der Waals surface area contributed by atoms with Gasteiger partial charge in [-0.05, 0) is 33.8 Å². The lowest BCUT2D eigenvalue weighted by Crippen LogP contribution is -2.41. The van der Waals surface area contributed by atoms with Crippen molar-refractivity contribution in [2.75, 3.05) is 0 Å². The predicted molar refractivity (Wildman–Crippen MR) is 75.1 cm³/mol. The topological polar surface area (TPSA) is 32.0 Å². The minimum Gasteiger partial charge on any atom is -0.435 e. The summed E-state index contributed by atoms with van der Waals surface area (Å²) >= 11 is 0. The molecule has 0 amide bonds. The Morgan fingerprint density at radius 3 is 2.24 bits per heavy atom. The van der Waals surface area contributed by atoms with Gasteiger partial charge in [0.25, 0.3) is 0 Å². The summed E-state index contributed by atoms with van der Waals surface area (Å²) in [6.07, 6.45) is 0. The standard InChI is InChI=1S/C14H16BF2NO3/c1-13(2)14(3,4)21-15(20-13)10-8-9(18-5)6-7-11(10)19-12(16)17/h6-8,12H,1-4H3. The molecule has 1 saturated heterocycles. The van der Waals surface area contributed by atoms with E-state index in [4.69, 9.17) is 15.9 Å². The first-order valence-corrected chi connectivity index (χ1v) is 6.48. The third kappa shape index (κ3) is 3.01. The molecule has 0 N–H and O–H groups in total. The van der Waals surface area contributed by atoms with E-state index < -0.39 is 24.9 Å². The Labute approximate surface area is 123 Å². The number of ether oxygens (including phenoxy) is 1. The Morgan fingerprint density at radius 2 is 1.76 bits per heavy atom. The average molecular weight is 295 g/mol. The number of benzene rings is 1. The first-order chi connectivity index (χ1) is 9.66. The molecule has 1 heterocycles. The van der Waals surface area contributed by atoms with Crippen LogP contribution < -0.4 is 10.2 Å². The Morgan fingerprint density at radius 1 is 1.19 bits per heavy atom. The first kappa shape index (κ1) is 15.7. The second-order valence-corrected chi connectivity index (χ2v) is 5.80. The monoisotopic (exact) mass is 295 g/mol. The molecule has 0 spiro atoms. The maximum absolute atomic E-state index is 12.5. The van der Waals surface area contributed by atoms with E-state index in [9.17, 15) is 8.78 Å². The highest BCUT2D eigenvalue weighted by atomic mass is 19.3. The zero-order valence-electron chi connectivity index (χ0n) is 12.3. The van der Waals surface area contributed by atoms with E-state index in [1.807, 2.05) is 27.7 Å². The van der Waals surface area contributed by atoms with Crippen LogP contribution in [-0.4, -0.2) is 24.9 Å². The molecule has 2 rings (SSSR count). The van der Waals surface area contributed by atoms with Gasteiger partial charge in [-0.2, -0.15) is 8.78 Å². The predicted octanol–water partition coefficient (Wildman–Crippen LogP) is 3.14. The SMILES string of the molecule is [C-]#[N+]c1ccc(OC(F)F)c(B2OC(C)(C)C(C)(C)O2)c1. The van der Waals surface area contributed by atoms with Crippen LogP contribution in [0.15, 0.2) is 18.2 Å². The highest BCUT2D eigenvalue weighted by Gasteiger charge is 2.52. The number of nitrogens with zero attached hydrogens (tertiary/aromatic N) is 1. The highest BCUT2D eigenvalue weighted by molar-refractivity contribution is 6.63. The van der Waals surface area contributed by atoms with Crippen LogP contribution in [0, 0.1) is 6.57 Å². The van der Waals surface area contributed by atoms with Gasteiger partial charge in [-0.3, -0.25) is 0 Å². The second-order valence-electron chi connectivity index (χ2n) is 5.80. The molecule has 0 aromatic heterocycles. The minimum atomic E-state index is -2.95. The summed E-state index contributed by atoms with van der Waals surface area (Å²) in [5, 5.41) is 0. The van der Waals surface area contributed by atoms with Gasteiger partial charge in [0.15, 0.2) is 5.69 Å². The maximum Gasteiger partial charge on any atom is 0.497 e. The summed E-state index contributed by atoms with van der Waals surface area (Å²) in [5.41, 5.74) is -0.606. The van der Waals surface area contributed by atoms with E-state index in [-0.39, 0.29) is 5.75 Å². The fourth-order valence-electron chi connectivity index (χ4n) is 1.96. The Bertz CT molecular complexity index is 568. The molecule has 1 aliphatic heterocycles. The molecule has 7 heteroatoms. The van der Waals surface area contributed by atoms with Gasteiger partial charge in [-0.25, -0.2) is 4.85 Å². The quantitative estimate of drug-likeness (QED) is 0.634. The Balaban J connectivity index is 2.41. The van der Waals surface area contributed by atoms with Crippen molar-refractivity contribution in [3.05, 3.63) is 29.6 Å². The zero-order chi connectivity index (χ0) is 15.8. The molecule has 1 fully saturated rings. The second kappa shape index (κ2) is 5.28. The molecule has 4 nitrogen and oxygen atoms in total. The Kier molecular flexibility index (Phi) is 3.96. The summed E-state index contributed by atoms with van der Waals surface area (Å²) < 4.78 is 41.2. The van der Waals surface area contributed by atoms with E-state index in [0.29, 0.717) is 11.2 Å². The van der Waals surface area contributed by atoms with Crippen molar-refractivity contribution >= 4 is 18.3 Å². The van der Waals surface area contributed by atoms with Gasteiger partial charge in [0, 0.05) is 5.46 Å². The van der Waals surface area contributed by atoms with Crippen LogP contribution in [-0.2, 0) is 9.31 Å². The van der Waals surface area contributed by atoms with Gasteiger partial charge < -0.3 is 14.0 Å². The molecule has 0 aliphatic carbocycles. The van der Waals surface area contributed by atoms with Gasteiger partial charge in [0.05, 0.1) is 17.8 Å². The van der Waals surface area contributed by atoms with Gasteiger partial charge in [0.2, 0.25) is 0 Å². The summed E-state index contributed by atoms with van der Waals surface area (Å²) in [4.78, 5) is 3.29. The van der Waals surface area contributed by atoms with Gasteiger partial charge in [-0.15, -0.1) is 0 Å². The molecule has 21 heavy (non-hydrogen) atoms. The van der Waals surface area contributed by atoms with Crippen molar-refractivity contribution in [1.82, 2.24) is 0 Å². The van der Waals surface area contributed by atoms with Crippen molar-refractivity contribution in [2.45, 2.75) is 45.5 Å². The summed E-state index contributed by atoms with van der Waals surface area (Å²) in [7, 11) is -0.856. The molecule has 112 valence electrons. The van der Waals surface area contributed by atoms with E-state index in [2.05, 4.69) is 9.58 Å². The molecule has 0 atom stereocenters. The molecule has 0 radical (unpaired) electrons. The van der Waals surface area contributed by atoms with Crippen molar-refractivity contribution in [3.63, 3.8) is 0 Å². The van der Waals surface area contributed by atoms with Crippen molar-refractivity contribution in [3.8, 4) is 5.75 Å². The van der Waals surface area contributed by atoms with Crippen molar-refractivity contribution in [2.24, 2.45) is 0 Å². The zero-order valence-corrected chi connectivity index (χ0v) is 12.3. The lowest BCUT2D eigenvalue weighted by atomic mass is 9.78. The third-order valence-electron chi connectivity index (χ3n) is 3.85. The van der Waals surface area contributed by atoms with E-state index in [0.717, 1.165) is 0 Å². The number of hydrogen-bond donors (Lipinski definition) is 0. The molecular formula is C14H16BF2NO3. The number of hydrogen-bond acceptors (Lipinski definition) is 3. The largest absolute Gasteiger partial charge is 0.497 e. The fourth-order valence-corrected chi connectivity index (χ4v) is 1.96. The number of rotatable bonds is 3. The number of alkyl halides is 2. The summed E-state index contributed by atoms with van der Waals surface area (Å²) in [6.45, 7) is 11.5. The lowest BCUT2D eigenvalue weighted by molar-refractivity contribution is -0.0492. The maximum atomic E-state index is 12.5. The molecule has 1 aromatic carbocycles. The normalized spacial score (nSPS) is 19.6. The third-order valence-corrected chi connectivity index (χ3v) is 3.85. The molecule has 0 unspecified atom stereocenters. The summed E-state index contributed by atoms with van der Waals surface area (Å²) in [6, 6.07) is 4.20. The molecule has 0 saturated carbocycles. The fraction of sp³-hybridized carbons (Fsp3) is 0.500. The van der Waals surface area contributed by atoms with Crippen LogP contribution in [0.3, 0.4) is 0 Å². The molecule has 0 bridgehead atoms. The van der Waals surface area contributed by atoms with Crippen molar-refractivity contribution < 1.29 is 22.8 Å². The first-order valence-electron chi connectivity index (χ1n) is 6.48. The number of halogens is 2. The van der Waals surface area contributed by atoms with E-state index >= 15 is 0 Å². The van der Waals surface area contributed by atoms with Crippen LogP contribution in [0.2, 0.25) is 0 Å². The highest BCUT2D eigenvalue weighted by Crippen LogP contribution is 2.37. The van der Waals surface area contributed by atoms with Gasteiger partial charge in [-0.1, -0.05) is 12.1 Å². The van der Waals surface area contributed by atoms with E-state index in [1.165, 1.54) is 18.2 Å².